The molecule has 4 nitrogen and oxygen atoms in total. The minimum absolute atomic E-state index is 0.0566. The fourth-order valence-corrected chi connectivity index (χ4v) is 1.97. The first-order valence-corrected chi connectivity index (χ1v) is 6.31. The zero-order valence-corrected chi connectivity index (χ0v) is 11.4. The lowest BCUT2D eigenvalue weighted by molar-refractivity contribution is 0.0527. The van der Waals surface area contributed by atoms with Gasteiger partial charge >= 0.3 is 5.97 Å². The molecule has 0 bridgehead atoms. The summed E-state index contributed by atoms with van der Waals surface area (Å²) in [7, 11) is 1.53. The van der Waals surface area contributed by atoms with Crippen LogP contribution in [0, 0.1) is 0 Å². The van der Waals surface area contributed by atoms with Crippen molar-refractivity contribution in [2.45, 2.75) is 6.92 Å². The van der Waals surface area contributed by atoms with Crippen LogP contribution in [0.25, 0.3) is 11.1 Å². The molecule has 1 N–H and O–H groups in total. The molecule has 0 aliphatic carbocycles. The summed E-state index contributed by atoms with van der Waals surface area (Å²) >= 11 is 0. The third kappa shape index (κ3) is 2.74. The summed E-state index contributed by atoms with van der Waals surface area (Å²) in [6.07, 6.45) is 0. The van der Waals surface area contributed by atoms with Gasteiger partial charge < -0.3 is 14.6 Å². The van der Waals surface area contributed by atoms with Crippen molar-refractivity contribution in [3.05, 3.63) is 48.0 Å². The number of phenolic OH excluding ortho intramolecular Hbond substituents is 1. The van der Waals surface area contributed by atoms with Crippen molar-refractivity contribution in [3.8, 4) is 22.6 Å². The van der Waals surface area contributed by atoms with E-state index in [0.29, 0.717) is 29.0 Å². The normalized spacial score (nSPS) is 10.1. The molecule has 104 valence electrons. The van der Waals surface area contributed by atoms with Gasteiger partial charge in [-0.3, -0.25) is 0 Å². The number of benzene rings is 2. The molecule has 20 heavy (non-hydrogen) atoms. The summed E-state index contributed by atoms with van der Waals surface area (Å²) in [6, 6.07) is 12.0. The number of hydrogen-bond acceptors (Lipinski definition) is 4. The molecule has 0 radical (unpaired) electrons. The molecule has 2 rings (SSSR count). The van der Waals surface area contributed by atoms with Gasteiger partial charge in [-0.15, -0.1) is 0 Å². The van der Waals surface area contributed by atoms with E-state index in [4.69, 9.17) is 9.47 Å². The van der Waals surface area contributed by atoms with E-state index in [0.717, 1.165) is 0 Å². The predicted octanol–water partition coefficient (Wildman–Crippen LogP) is 3.24. The number of aromatic hydroxyl groups is 1. The topological polar surface area (TPSA) is 55.8 Å². The Morgan fingerprint density at radius 2 is 1.90 bits per heavy atom. The number of esters is 1. The fourth-order valence-electron chi connectivity index (χ4n) is 1.97. The summed E-state index contributed by atoms with van der Waals surface area (Å²) in [5, 5.41) is 10.1. The van der Waals surface area contributed by atoms with E-state index in [1.165, 1.54) is 13.2 Å². The van der Waals surface area contributed by atoms with Gasteiger partial charge in [0.2, 0.25) is 0 Å². The molecule has 0 fully saturated rings. The number of hydrogen-bond donors (Lipinski definition) is 1. The Morgan fingerprint density at radius 1 is 1.15 bits per heavy atom. The van der Waals surface area contributed by atoms with Crippen LogP contribution in [-0.2, 0) is 4.74 Å². The molecule has 4 heteroatoms. The van der Waals surface area contributed by atoms with E-state index < -0.39 is 5.97 Å². The minimum Gasteiger partial charge on any atom is -0.507 e. The molecule has 0 atom stereocenters. The first kappa shape index (κ1) is 13.9. The molecule has 0 heterocycles. The summed E-state index contributed by atoms with van der Waals surface area (Å²) in [5.41, 5.74) is 1.62. The molecule has 0 aromatic heterocycles. The number of ether oxygens (including phenoxy) is 2. The maximum atomic E-state index is 11.9. The van der Waals surface area contributed by atoms with Crippen molar-refractivity contribution >= 4 is 5.97 Å². The second-order valence-electron chi connectivity index (χ2n) is 4.15. The van der Waals surface area contributed by atoms with Gasteiger partial charge in [0.05, 0.1) is 19.3 Å². The summed E-state index contributed by atoms with van der Waals surface area (Å²) in [6.45, 7) is 2.06. The maximum absolute atomic E-state index is 11.9. The van der Waals surface area contributed by atoms with E-state index in [2.05, 4.69) is 0 Å². The van der Waals surface area contributed by atoms with Gasteiger partial charge in [0.1, 0.15) is 11.5 Å². The van der Waals surface area contributed by atoms with Gasteiger partial charge in [-0.05, 0) is 30.7 Å². The van der Waals surface area contributed by atoms with Gasteiger partial charge in [0, 0.05) is 11.6 Å². The lowest BCUT2D eigenvalue weighted by Crippen LogP contribution is -2.06. The lowest BCUT2D eigenvalue weighted by atomic mass is 9.99. The highest BCUT2D eigenvalue weighted by Gasteiger charge is 2.15. The van der Waals surface area contributed by atoms with Gasteiger partial charge in [-0.25, -0.2) is 4.79 Å². The van der Waals surface area contributed by atoms with Gasteiger partial charge in [0.15, 0.2) is 0 Å². The third-order valence-corrected chi connectivity index (χ3v) is 2.92. The molecule has 0 aliphatic heterocycles. The van der Waals surface area contributed by atoms with Crippen molar-refractivity contribution in [2.24, 2.45) is 0 Å². The Morgan fingerprint density at radius 3 is 2.55 bits per heavy atom. The SMILES string of the molecule is CCOC(=O)c1ccccc1-c1ccc(OC)cc1O. The minimum atomic E-state index is -0.404. The standard InChI is InChI=1S/C16H16O4/c1-3-20-16(18)14-7-5-4-6-12(14)13-9-8-11(19-2)10-15(13)17/h4-10,17H,3H2,1-2H3. The van der Waals surface area contributed by atoms with Crippen LogP contribution in [0.1, 0.15) is 17.3 Å². The lowest BCUT2D eigenvalue weighted by Gasteiger charge is -2.11. The zero-order valence-electron chi connectivity index (χ0n) is 11.4. The van der Waals surface area contributed by atoms with Crippen LogP contribution in [0.15, 0.2) is 42.5 Å². The van der Waals surface area contributed by atoms with Gasteiger partial charge in [-0.2, -0.15) is 0 Å². The van der Waals surface area contributed by atoms with Crippen LogP contribution in [0.2, 0.25) is 0 Å². The Hall–Kier alpha value is -2.49. The van der Waals surface area contributed by atoms with Gasteiger partial charge in [-0.1, -0.05) is 18.2 Å². The number of methoxy groups -OCH3 is 1. The first-order valence-electron chi connectivity index (χ1n) is 6.31. The molecular weight excluding hydrogens is 256 g/mol. The van der Waals surface area contributed by atoms with Crippen LogP contribution < -0.4 is 4.74 Å². The highest BCUT2D eigenvalue weighted by atomic mass is 16.5. The Bertz CT molecular complexity index is 620. The number of carbonyl (C=O) groups excluding carboxylic acids is 1. The van der Waals surface area contributed by atoms with Crippen molar-refractivity contribution in [1.82, 2.24) is 0 Å². The quantitative estimate of drug-likeness (QED) is 0.868. The van der Waals surface area contributed by atoms with E-state index >= 15 is 0 Å². The van der Waals surface area contributed by atoms with Crippen molar-refractivity contribution in [1.29, 1.82) is 0 Å². The summed E-state index contributed by atoms with van der Waals surface area (Å²) in [5.74, 6) is 0.208. The van der Waals surface area contributed by atoms with Crippen molar-refractivity contribution in [2.75, 3.05) is 13.7 Å². The molecule has 0 unspecified atom stereocenters. The average Bonchev–Trinajstić information content (AvgIpc) is 2.47. The van der Waals surface area contributed by atoms with Crippen molar-refractivity contribution in [3.63, 3.8) is 0 Å². The van der Waals surface area contributed by atoms with Crippen LogP contribution in [0.5, 0.6) is 11.5 Å². The zero-order chi connectivity index (χ0) is 14.5. The number of phenols is 1. The molecule has 0 saturated carbocycles. The smallest absolute Gasteiger partial charge is 0.338 e. The van der Waals surface area contributed by atoms with Crippen LogP contribution in [0.4, 0.5) is 0 Å². The first-order chi connectivity index (χ1) is 9.67. The highest BCUT2D eigenvalue weighted by Crippen LogP contribution is 2.34. The summed E-state index contributed by atoms with van der Waals surface area (Å²) < 4.78 is 10.1. The Balaban J connectivity index is 2.50. The third-order valence-electron chi connectivity index (χ3n) is 2.92. The van der Waals surface area contributed by atoms with E-state index in [9.17, 15) is 9.90 Å². The maximum Gasteiger partial charge on any atom is 0.338 e. The van der Waals surface area contributed by atoms with Crippen LogP contribution in [-0.4, -0.2) is 24.8 Å². The van der Waals surface area contributed by atoms with E-state index in [1.54, 1.807) is 37.3 Å². The molecule has 0 spiro atoms. The van der Waals surface area contributed by atoms with E-state index in [-0.39, 0.29) is 5.75 Å². The molecule has 0 aliphatic rings. The second-order valence-corrected chi connectivity index (χ2v) is 4.15. The van der Waals surface area contributed by atoms with Gasteiger partial charge in [0.25, 0.3) is 0 Å². The Kier molecular flexibility index (Phi) is 4.25. The predicted molar refractivity (Wildman–Crippen MR) is 76.1 cm³/mol. The van der Waals surface area contributed by atoms with Crippen molar-refractivity contribution < 1.29 is 19.4 Å². The monoisotopic (exact) mass is 272 g/mol. The molecule has 2 aromatic carbocycles. The largest absolute Gasteiger partial charge is 0.507 e. The molecule has 0 amide bonds. The number of carbonyl (C=O) groups is 1. The fraction of sp³-hybridized carbons (Fsp3) is 0.188. The van der Waals surface area contributed by atoms with Crippen LogP contribution >= 0.6 is 0 Å². The molecule has 2 aromatic rings. The summed E-state index contributed by atoms with van der Waals surface area (Å²) in [4.78, 5) is 11.9. The second kappa shape index (κ2) is 6.10. The average molecular weight is 272 g/mol. The Labute approximate surface area is 117 Å². The van der Waals surface area contributed by atoms with Crippen LogP contribution in [0.3, 0.4) is 0 Å². The molecule has 0 saturated heterocycles. The van der Waals surface area contributed by atoms with E-state index in [1.807, 2.05) is 6.07 Å². The number of rotatable bonds is 4. The highest BCUT2D eigenvalue weighted by molar-refractivity contribution is 5.98. The molecular formula is C16H16O4.